The zero-order chi connectivity index (χ0) is 15.9. The van der Waals surface area contributed by atoms with E-state index in [1.54, 1.807) is 36.3 Å². The number of carbonyl (C=O) groups is 2. The van der Waals surface area contributed by atoms with Crippen LogP contribution in [-0.2, 0) is 20.7 Å². The first-order valence-corrected chi connectivity index (χ1v) is 7.30. The van der Waals surface area contributed by atoms with Crippen LogP contribution in [0.5, 0.6) is 0 Å². The molecule has 0 radical (unpaired) electrons. The molecule has 1 aromatic rings. The van der Waals surface area contributed by atoms with Crippen molar-refractivity contribution in [1.29, 1.82) is 0 Å². The molecule has 1 unspecified atom stereocenters. The topological polar surface area (TPSA) is 76.1 Å². The fraction of sp³-hybridized carbons (Fsp3) is 0.500. The van der Waals surface area contributed by atoms with Crippen LogP contribution in [0.1, 0.15) is 22.3 Å². The highest BCUT2D eigenvalue weighted by Gasteiger charge is 2.23. The normalized spacial score (nSPS) is 18.2. The third-order valence-corrected chi connectivity index (χ3v) is 3.67. The minimum absolute atomic E-state index is 0.0578. The van der Waals surface area contributed by atoms with Crippen LogP contribution in [0.15, 0.2) is 24.3 Å². The molecule has 1 amide bonds. The Morgan fingerprint density at radius 3 is 2.73 bits per heavy atom. The molecule has 6 nitrogen and oxygen atoms in total. The molecular weight excluding hydrogens is 286 g/mol. The van der Waals surface area contributed by atoms with Crippen LogP contribution in [0.2, 0.25) is 0 Å². The third-order valence-electron chi connectivity index (χ3n) is 3.67. The first-order valence-electron chi connectivity index (χ1n) is 7.30. The lowest BCUT2D eigenvalue weighted by atomic mass is 10.1. The molecule has 6 heteroatoms. The van der Waals surface area contributed by atoms with Crippen molar-refractivity contribution in [2.45, 2.75) is 18.9 Å². The monoisotopic (exact) mass is 307 g/mol. The van der Waals surface area contributed by atoms with E-state index >= 15 is 0 Å². The number of morpholine rings is 1. The molecule has 1 aliphatic rings. The molecule has 1 fully saturated rings. The van der Waals surface area contributed by atoms with Crippen molar-refractivity contribution in [3.63, 3.8) is 0 Å². The van der Waals surface area contributed by atoms with Gasteiger partial charge in [-0.2, -0.15) is 0 Å². The van der Waals surface area contributed by atoms with Gasteiger partial charge in [0.25, 0.3) is 0 Å². The average Bonchev–Trinajstić information content (AvgIpc) is 2.53. The number of amides is 1. The van der Waals surface area contributed by atoms with Crippen molar-refractivity contribution in [2.75, 3.05) is 33.4 Å². The Morgan fingerprint density at radius 2 is 2.09 bits per heavy atom. The second-order valence-corrected chi connectivity index (χ2v) is 5.29. The smallest absolute Gasteiger partial charge is 0.335 e. The van der Waals surface area contributed by atoms with Gasteiger partial charge in [0, 0.05) is 26.6 Å². The van der Waals surface area contributed by atoms with Crippen molar-refractivity contribution >= 4 is 11.9 Å². The number of carboxylic acid groups (broad SMARTS) is 1. The molecular formula is C16H21NO5. The number of aromatic carboxylic acids is 1. The second kappa shape index (κ2) is 7.91. The van der Waals surface area contributed by atoms with E-state index in [4.69, 9.17) is 14.6 Å². The lowest BCUT2D eigenvalue weighted by Gasteiger charge is -2.32. The van der Waals surface area contributed by atoms with Crippen molar-refractivity contribution in [3.8, 4) is 0 Å². The summed E-state index contributed by atoms with van der Waals surface area (Å²) in [7, 11) is 1.62. The maximum Gasteiger partial charge on any atom is 0.335 e. The van der Waals surface area contributed by atoms with Gasteiger partial charge in [-0.05, 0) is 24.1 Å². The minimum Gasteiger partial charge on any atom is -0.478 e. The first-order chi connectivity index (χ1) is 10.6. The summed E-state index contributed by atoms with van der Waals surface area (Å²) in [6.07, 6.45) is 0.953. The van der Waals surface area contributed by atoms with Gasteiger partial charge in [0.05, 0.1) is 24.9 Å². The summed E-state index contributed by atoms with van der Waals surface area (Å²) < 4.78 is 10.6. The molecule has 1 N–H and O–H groups in total. The molecule has 120 valence electrons. The lowest BCUT2D eigenvalue weighted by Crippen LogP contribution is -2.47. The van der Waals surface area contributed by atoms with E-state index in [2.05, 4.69) is 0 Å². The number of carboxylic acids is 1. The SMILES string of the molecule is COCC1CN(C(=O)CCc2ccc(C(=O)O)cc2)CCO1. The minimum atomic E-state index is -0.944. The van der Waals surface area contributed by atoms with Gasteiger partial charge in [0.2, 0.25) is 5.91 Å². The van der Waals surface area contributed by atoms with Gasteiger partial charge in [0.15, 0.2) is 0 Å². The average molecular weight is 307 g/mol. The zero-order valence-electron chi connectivity index (χ0n) is 12.7. The number of methoxy groups -OCH3 is 1. The molecule has 0 aliphatic carbocycles. The Morgan fingerprint density at radius 1 is 1.36 bits per heavy atom. The van der Waals surface area contributed by atoms with E-state index in [1.165, 1.54) is 0 Å². The van der Waals surface area contributed by atoms with E-state index < -0.39 is 5.97 Å². The van der Waals surface area contributed by atoms with Gasteiger partial charge < -0.3 is 19.5 Å². The van der Waals surface area contributed by atoms with Crippen LogP contribution in [0.4, 0.5) is 0 Å². The third kappa shape index (κ3) is 4.54. The number of aryl methyl sites for hydroxylation is 1. The number of hydrogen-bond acceptors (Lipinski definition) is 4. The van der Waals surface area contributed by atoms with Crippen LogP contribution in [-0.4, -0.2) is 61.4 Å². The molecule has 0 aromatic heterocycles. The van der Waals surface area contributed by atoms with E-state index in [1.807, 2.05) is 0 Å². The fourth-order valence-corrected chi connectivity index (χ4v) is 2.46. The summed E-state index contributed by atoms with van der Waals surface area (Å²) in [6.45, 7) is 2.19. The Labute approximate surface area is 129 Å². The highest BCUT2D eigenvalue weighted by Crippen LogP contribution is 2.11. The Bertz CT molecular complexity index is 512. The summed E-state index contributed by atoms with van der Waals surface area (Å²) in [5.41, 5.74) is 1.21. The molecule has 1 atom stereocenters. The van der Waals surface area contributed by atoms with Gasteiger partial charge in [-0.15, -0.1) is 0 Å². The predicted octanol–water partition coefficient (Wildman–Crippen LogP) is 1.19. The molecule has 1 heterocycles. The van der Waals surface area contributed by atoms with E-state index in [-0.39, 0.29) is 17.6 Å². The molecule has 0 bridgehead atoms. The fourth-order valence-electron chi connectivity index (χ4n) is 2.46. The predicted molar refractivity (Wildman–Crippen MR) is 79.9 cm³/mol. The van der Waals surface area contributed by atoms with Crippen molar-refractivity contribution < 1.29 is 24.2 Å². The van der Waals surface area contributed by atoms with Gasteiger partial charge in [-0.3, -0.25) is 4.79 Å². The highest BCUT2D eigenvalue weighted by atomic mass is 16.5. The number of ether oxygens (including phenoxy) is 2. The van der Waals surface area contributed by atoms with Crippen LogP contribution in [0.25, 0.3) is 0 Å². The quantitative estimate of drug-likeness (QED) is 0.854. The van der Waals surface area contributed by atoms with E-state index in [0.717, 1.165) is 5.56 Å². The lowest BCUT2D eigenvalue weighted by molar-refractivity contribution is -0.140. The molecule has 1 aromatic carbocycles. The number of rotatable bonds is 6. The summed E-state index contributed by atoms with van der Waals surface area (Å²) in [4.78, 5) is 24.8. The number of hydrogen-bond donors (Lipinski definition) is 1. The van der Waals surface area contributed by atoms with Crippen LogP contribution >= 0.6 is 0 Å². The number of carbonyl (C=O) groups excluding carboxylic acids is 1. The number of benzene rings is 1. The molecule has 0 spiro atoms. The van der Waals surface area contributed by atoms with Gasteiger partial charge in [-0.1, -0.05) is 12.1 Å². The maximum atomic E-state index is 12.2. The van der Waals surface area contributed by atoms with Crippen LogP contribution in [0.3, 0.4) is 0 Å². The maximum absolute atomic E-state index is 12.2. The zero-order valence-corrected chi connectivity index (χ0v) is 12.7. The molecule has 1 aliphatic heterocycles. The first kappa shape index (κ1) is 16.5. The Balaban J connectivity index is 1.83. The Hall–Kier alpha value is -1.92. The second-order valence-electron chi connectivity index (χ2n) is 5.29. The standard InChI is InChI=1S/C16H21NO5/c1-21-11-14-10-17(8-9-22-14)15(18)7-4-12-2-5-13(6-3-12)16(19)20/h2-3,5-6,14H,4,7-11H2,1H3,(H,19,20). The van der Waals surface area contributed by atoms with Crippen molar-refractivity contribution in [1.82, 2.24) is 4.90 Å². The van der Waals surface area contributed by atoms with Gasteiger partial charge in [0.1, 0.15) is 0 Å². The summed E-state index contributed by atoms with van der Waals surface area (Å²) in [6, 6.07) is 6.63. The molecule has 2 rings (SSSR count). The van der Waals surface area contributed by atoms with Gasteiger partial charge >= 0.3 is 5.97 Å². The summed E-state index contributed by atoms with van der Waals surface area (Å²) >= 11 is 0. The summed E-state index contributed by atoms with van der Waals surface area (Å²) in [5, 5.41) is 8.85. The van der Waals surface area contributed by atoms with Crippen LogP contribution < -0.4 is 0 Å². The Kier molecular flexibility index (Phi) is 5.91. The summed E-state index contributed by atoms with van der Waals surface area (Å²) in [5.74, 6) is -0.855. The van der Waals surface area contributed by atoms with Crippen LogP contribution in [0, 0.1) is 0 Å². The molecule has 1 saturated heterocycles. The van der Waals surface area contributed by atoms with E-state index in [9.17, 15) is 9.59 Å². The van der Waals surface area contributed by atoms with E-state index in [0.29, 0.717) is 39.1 Å². The highest BCUT2D eigenvalue weighted by molar-refractivity contribution is 5.87. The number of nitrogens with zero attached hydrogens (tertiary/aromatic N) is 1. The molecule has 0 saturated carbocycles. The van der Waals surface area contributed by atoms with Gasteiger partial charge in [-0.25, -0.2) is 4.79 Å². The van der Waals surface area contributed by atoms with Crippen molar-refractivity contribution in [2.24, 2.45) is 0 Å². The largest absolute Gasteiger partial charge is 0.478 e. The van der Waals surface area contributed by atoms with Crippen molar-refractivity contribution in [3.05, 3.63) is 35.4 Å². The molecule has 22 heavy (non-hydrogen) atoms.